The number of fused-ring (bicyclic) bond motifs is 1. The standard InChI is InChI=1S/C10H11BrN4O/c11-8-6-13-9-1-2-10(14-15(8)9)16-7-3-4-12-5-7/h1-2,6-7,12H,3-5H2. The molecule has 1 unspecified atom stereocenters. The van der Waals surface area contributed by atoms with Crippen molar-refractivity contribution < 1.29 is 4.74 Å². The van der Waals surface area contributed by atoms with Gasteiger partial charge in [-0.1, -0.05) is 0 Å². The monoisotopic (exact) mass is 282 g/mol. The summed E-state index contributed by atoms with van der Waals surface area (Å²) in [6.07, 6.45) is 2.99. The lowest BCUT2D eigenvalue weighted by molar-refractivity contribution is 0.211. The third-order valence-corrected chi connectivity index (χ3v) is 3.14. The van der Waals surface area contributed by atoms with E-state index >= 15 is 0 Å². The summed E-state index contributed by atoms with van der Waals surface area (Å²) in [4.78, 5) is 4.18. The van der Waals surface area contributed by atoms with E-state index < -0.39 is 0 Å². The maximum Gasteiger partial charge on any atom is 0.232 e. The van der Waals surface area contributed by atoms with Gasteiger partial charge in [0.05, 0.1) is 6.20 Å². The van der Waals surface area contributed by atoms with Crippen LogP contribution in [0.5, 0.6) is 5.88 Å². The molecule has 0 aliphatic carbocycles. The Balaban J connectivity index is 1.88. The van der Waals surface area contributed by atoms with Crippen molar-refractivity contribution in [2.75, 3.05) is 13.1 Å². The van der Waals surface area contributed by atoms with Crippen LogP contribution in [0.25, 0.3) is 5.65 Å². The van der Waals surface area contributed by atoms with Gasteiger partial charge < -0.3 is 10.1 Å². The van der Waals surface area contributed by atoms with Gasteiger partial charge in [-0.15, -0.1) is 5.10 Å². The maximum atomic E-state index is 5.76. The summed E-state index contributed by atoms with van der Waals surface area (Å²) in [5.74, 6) is 0.639. The van der Waals surface area contributed by atoms with E-state index in [1.165, 1.54) is 0 Å². The lowest BCUT2D eigenvalue weighted by atomic mass is 10.3. The molecule has 0 spiro atoms. The highest BCUT2D eigenvalue weighted by atomic mass is 79.9. The van der Waals surface area contributed by atoms with Gasteiger partial charge in [0.1, 0.15) is 10.7 Å². The molecule has 1 aliphatic rings. The largest absolute Gasteiger partial charge is 0.472 e. The molecule has 16 heavy (non-hydrogen) atoms. The smallest absolute Gasteiger partial charge is 0.232 e. The third kappa shape index (κ3) is 1.78. The highest BCUT2D eigenvalue weighted by Crippen LogP contribution is 2.16. The van der Waals surface area contributed by atoms with Crippen LogP contribution in [0.1, 0.15) is 6.42 Å². The summed E-state index contributed by atoms with van der Waals surface area (Å²) in [6, 6.07) is 3.75. The molecule has 1 atom stereocenters. The minimum atomic E-state index is 0.229. The van der Waals surface area contributed by atoms with E-state index in [0.29, 0.717) is 5.88 Å². The Morgan fingerprint density at radius 3 is 3.25 bits per heavy atom. The van der Waals surface area contributed by atoms with Crippen LogP contribution in [0.3, 0.4) is 0 Å². The third-order valence-electron chi connectivity index (χ3n) is 2.60. The predicted octanol–water partition coefficient (Wildman–Crippen LogP) is 1.23. The number of nitrogens with zero attached hydrogens (tertiary/aromatic N) is 3. The fraction of sp³-hybridized carbons (Fsp3) is 0.400. The summed E-state index contributed by atoms with van der Waals surface area (Å²) in [5, 5.41) is 7.61. The second kappa shape index (κ2) is 4.03. The first-order valence-corrected chi connectivity index (χ1v) is 6.00. The molecule has 2 aromatic rings. The first-order chi connectivity index (χ1) is 7.83. The average Bonchev–Trinajstić information content (AvgIpc) is 2.90. The molecule has 0 amide bonds. The summed E-state index contributed by atoms with van der Waals surface area (Å²) in [6.45, 7) is 1.91. The number of aromatic nitrogens is 3. The van der Waals surface area contributed by atoms with Crippen molar-refractivity contribution in [2.24, 2.45) is 0 Å². The van der Waals surface area contributed by atoms with E-state index in [0.717, 1.165) is 29.8 Å². The Morgan fingerprint density at radius 1 is 1.50 bits per heavy atom. The van der Waals surface area contributed by atoms with Gasteiger partial charge in [0.2, 0.25) is 5.88 Å². The van der Waals surface area contributed by atoms with Crippen molar-refractivity contribution in [3.63, 3.8) is 0 Å². The van der Waals surface area contributed by atoms with E-state index in [2.05, 4.69) is 31.3 Å². The summed E-state index contributed by atoms with van der Waals surface area (Å²) in [7, 11) is 0. The molecule has 3 rings (SSSR count). The molecule has 1 saturated heterocycles. The van der Waals surface area contributed by atoms with Crippen molar-refractivity contribution in [1.29, 1.82) is 0 Å². The molecule has 5 nitrogen and oxygen atoms in total. The molecule has 84 valence electrons. The number of hydrogen-bond donors (Lipinski definition) is 1. The van der Waals surface area contributed by atoms with E-state index in [9.17, 15) is 0 Å². The fourth-order valence-corrected chi connectivity index (χ4v) is 2.15. The molecule has 0 radical (unpaired) electrons. The Morgan fingerprint density at radius 2 is 2.44 bits per heavy atom. The maximum absolute atomic E-state index is 5.76. The molecular formula is C10H11BrN4O. The number of halogens is 1. The van der Waals surface area contributed by atoms with Gasteiger partial charge in [0, 0.05) is 12.6 Å². The molecule has 1 fully saturated rings. The highest BCUT2D eigenvalue weighted by molar-refractivity contribution is 9.10. The molecule has 1 aliphatic heterocycles. The van der Waals surface area contributed by atoms with Gasteiger partial charge in [0.15, 0.2) is 5.65 Å². The van der Waals surface area contributed by atoms with Crippen LogP contribution in [0.15, 0.2) is 22.9 Å². The molecule has 0 saturated carbocycles. The normalized spacial score (nSPS) is 20.4. The Hall–Kier alpha value is -1.14. The molecule has 0 aromatic carbocycles. The number of rotatable bonds is 2. The quantitative estimate of drug-likeness (QED) is 0.900. The lowest BCUT2D eigenvalue weighted by Crippen LogP contribution is -2.20. The number of imidazole rings is 1. The van der Waals surface area contributed by atoms with Crippen molar-refractivity contribution in [2.45, 2.75) is 12.5 Å². The minimum Gasteiger partial charge on any atom is -0.472 e. The zero-order chi connectivity index (χ0) is 11.0. The van der Waals surface area contributed by atoms with Gasteiger partial charge in [-0.2, -0.15) is 0 Å². The zero-order valence-corrected chi connectivity index (χ0v) is 10.1. The Labute approximate surface area is 101 Å². The molecule has 1 N–H and O–H groups in total. The van der Waals surface area contributed by atoms with Gasteiger partial charge >= 0.3 is 0 Å². The Kier molecular flexibility index (Phi) is 2.53. The Bertz CT molecular complexity index is 506. The van der Waals surface area contributed by atoms with Crippen LogP contribution in [0.2, 0.25) is 0 Å². The molecule has 3 heterocycles. The van der Waals surface area contributed by atoms with Crippen LogP contribution in [0, 0.1) is 0 Å². The van der Waals surface area contributed by atoms with Gasteiger partial charge in [-0.3, -0.25) is 0 Å². The van der Waals surface area contributed by atoms with Gasteiger partial charge in [-0.05, 0) is 35.0 Å². The SMILES string of the molecule is Brc1cnc2ccc(OC3CCNC3)nn12. The molecule has 0 bridgehead atoms. The average molecular weight is 283 g/mol. The second-order valence-corrected chi connectivity index (χ2v) is 4.57. The summed E-state index contributed by atoms with van der Waals surface area (Å²) >= 11 is 3.38. The molecule has 6 heteroatoms. The minimum absolute atomic E-state index is 0.229. The second-order valence-electron chi connectivity index (χ2n) is 3.76. The zero-order valence-electron chi connectivity index (χ0n) is 8.56. The topological polar surface area (TPSA) is 51.5 Å². The summed E-state index contributed by atoms with van der Waals surface area (Å²) < 4.78 is 8.32. The number of hydrogen-bond acceptors (Lipinski definition) is 4. The van der Waals surface area contributed by atoms with E-state index in [-0.39, 0.29) is 6.10 Å². The van der Waals surface area contributed by atoms with E-state index in [1.807, 2.05) is 12.1 Å². The fourth-order valence-electron chi connectivity index (χ4n) is 1.79. The van der Waals surface area contributed by atoms with Crippen molar-refractivity contribution >= 4 is 21.6 Å². The van der Waals surface area contributed by atoms with E-state index in [1.54, 1.807) is 10.7 Å². The lowest BCUT2D eigenvalue weighted by Gasteiger charge is -2.11. The number of ether oxygens (including phenoxy) is 1. The molecule has 2 aromatic heterocycles. The molecular weight excluding hydrogens is 272 g/mol. The first kappa shape index (κ1) is 10.0. The van der Waals surface area contributed by atoms with Gasteiger partial charge in [-0.25, -0.2) is 9.50 Å². The number of nitrogens with one attached hydrogen (secondary N) is 1. The van der Waals surface area contributed by atoms with Crippen LogP contribution >= 0.6 is 15.9 Å². The van der Waals surface area contributed by atoms with Gasteiger partial charge in [0.25, 0.3) is 0 Å². The highest BCUT2D eigenvalue weighted by Gasteiger charge is 2.16. The van der Waals surface area contributed by atoms with Crippen LogP contribution in [0.4, 0.5) is 0 Å². The predicted molar refractivity (Wildman–Crippen MR) is 62.6 cm³/mol. The van der Waals surface area contributed by atoms with Crippen LogP contribution in [-0.4, -0.2) is 33.8 Å². The summed E-state index contributed by atoms with van der Waals surface area (Å²) in [5.41, 5.74) is 0.809. The van der Waals surface area contributed by atoms with Crippen molar-refractivity contribution in [3.05, 3.63) is 22.9 Å². The van der Waals surface area contributed by atoms with E-state index in [4.69, 9.17) is 4.74 Å². The van der Waals surface area contributed by atoms with Crippen molar-refractivity contribution in [3.8, 4) is 5.88 Å². The van der Waals surface area contributed by atoms with Crippen LogP contribution < -0.4 is 10.1 Å². The first-order valence-electron chi connectivity index (χ1n) is 5.20. The van der Waals surface area contributed by atoms with Crippen LogP contribution in [-0.2, 0) is 0 Å². The van der Waals surface area contributed by atoms with Crippen molar-refractivity contribution in [1.82, 2.24) is 19.9 Å².